The average molecular weight is 456 g/mol. The number of nitrogens with zero attached hydrogens (tertiary/aromatic N) is 1. The fourth-order valence-corrected chi connectivity index (χ4v) is 2.78. The molecule has 0 heterocycles. The Labute approximate surface area is 174 Å². The molecule has 0 spiro atoms. The summed E-state index contributed by atoms with van der Waals surface area (Å²) in [5, 5.41) is 2.77. The predicted molar refractivity (Wildman–Crippen MR) is 114 cm³/mol. The van der Waals surface area contributed by atoms with E-state index in [-0.39, 0.29) is 18.3 Å². The van der Waals surface area contributed by atoms with Crippen LogP contribution < -0.4 is 10.1 Å². The number of benzene rings is 2. The minimum atomic E-state index is -0.412. The van der Waals surface area contributed by atoms with Crippen molar-refractivity contribution in [3.8, 4) is 5.75 Å². The first-order chi connectivity index (χ1) is 12.4. The van der Waals surface area contributed by atoms with Crippen LogP contribution in [0.4, 0.5) is 5.69 Å². The SMILES string of the molecule is CCN(CC)Cc1cc(NC(C)=O)ccc1OC(=O)c1ccc(Br)cc1.Cl. The van der Waals surface area contributed by atoms with Crippen LogP contribution in [0.15, 0.2) is 46.9 Å². The van der Waals surface area contributed by atoms with E-state index in [1.54, 1.807) is 36.4 Å². The second-order valence-corrected chi connectivity index (χ2v) is 6.78. The van der Waals surface area contributed by atoms with Gasteiger partial charge in [-0.15, -0.1) is 12.4 Å². The van der Waals surface area contributed by atoms with Gasteiger partial charge in [0.15, 0.2) is 0 Å². The zero-order valence-corrected chi connectivity index (χ0v) is 18.0. The minimum absolute atomic E-state index is 0. The van der Waals surface area contributed by atoms with Crippen LogP contribution in [0.25, 0.3) is 0 Å². The lowest BCUT2D eigenvalue weighted by Crippen LogP contribution is -2.23. The maximum atomic E-state index is 12.4. The molecule has 0 aliphatic rings. The quantitative estimate of drug-likeness (QED) is 0.477. The molecule has 2 aromatic rings. The van der Waals surface area contributed by atoms with Crippen molar-refractivity contribution in [1.82, 2.24) is 4.90 Å². The van der Waals surface area contributed by atoms with E-state index in [0.29, 0.717) is 23.5 Å². The number of halogens is 2. The van der Waals surface area contributed by atoms with Crippen LogP contribution in [0.1, 0.15) is 36.7 Å². The number of anilines is 1. The maximum absolute atomic E-state index is 12.4. The molecule has 7 heteroatoms. The summed E-state index contributed by atoms with van der Waals surface area (Å²) >= 11 is 3.35. The largest absolute Gasteiger partial charge is 0.423 e. The monoisotopic (exact) mass is 454 g/mol. The smallest absolute Gasteiger partial charge is 0.343 e. The average Bonchev–Trinajstić information content (AvgIpc) is 2.61. The van der Waals surface area contributed by atoms with Crippen molar-refractivity contribution in [2.75, 3.05) is 18.4 Å². The third kappa shape index (κ3) is 6.97. The molecule has 146 valence electrons. The van der Waals surface area contributed by atoms with Gasteiger partial charge in [0.2, 0.25) is 5.91 Å². The minimum Gasteiger partial charge on any atom is -0.423 e. The molecule has 0 saturated heterocycles. The van der Waals surface area contributed by atoms with Gasteiger partial charge in [0.1, 0.15) is 5.75 Å². The number of hydrogen-bond acceptors (Lipinski definition) is 4. The zero-order chi connectivity index (χ0) is 19.1. The van der Waals surface area contributed by atoms with Crippen LogP contribution in [-0.4, -0.2) is 29.9 Å². The molecule has 0 unspecified atom stereocenters. The van der Waals surface area contributed by atoms with Crippen molar-refractivity contribution in [2.45, 2.75) is 27.3 Å². The van der Waals surface area contributed by atoms with Gasteiger partial charge in [-0.05, 0) is 55.6 Å². The van der Waals surface area contributed by atoms with Crippen molar-refractivity contribution < 1.29 is 14.3 Å². The summed E-state index contributed by atoms with van der Waals surface area (Å²) in [6.45, 7) is 8.00. The van der Waals surface area contributed by atoms with E-state index in [4.69, 9.17) is 4.74 Å². The molecule has 1 amide bonds. The van der Waals surface area contributed by atoms with E-state index in [2.05, 4.69) is 40.0 Å². The second kappa shape index (κ2) is 11.1. The molecule has 0 aromatic heterocycles. The molecule has 1 N–H and O–H groups in total. The van der Waals surface area contributed by atoms with Gasteiger partial charge in [0.05, 0.1) is 5.56 Å². The van der Waals surface area contributed by atoms with E-state index < -0.39 is 5.97 Å². The number of esters is 1. The number of rotatable bonds is 7. The van der Waals surface area contributed by atoms with Crippen molar-refractivity contribution in [3.05, 3.63) is 58.1 Å². The molecular formula is C20H24BrClN2O3. The van der Waals surface area contributed by atoms with Gasteiger partial charge in [0.25, 0.3) is 0 Å². The van der Waals surface area contributed by atoms with E-state index in [0.717, 1.165) is 23.1 Å². The molecular weight excluding hydrogens is 432 g/mol. The van der Waals surface area contributed by atoms with Crippen LogP contribution in [0.3, 0.4) is 0 Å². The molecule has 0 fully saturated rings. The van der Waals surface area contributed by atoms with Crippen LogP contribution in [0.2, 0.25) is 0 Å². The summed E-state index contributed by atoms with van der Waals surface area (Å²) in [4.78, 5) is 26.0. The first-order valence-corrected chi connectivity index (χ1v) is 9.32. The molecule has 0 aliphatic carbocycles. The predicted octanol–water partition coefficient (Wildman–Crippen LogP) is 4.89. The van der Waals surface area contributed by atoms with Crippen LogP contribution in [0, 0.1) is 0 Å². The Bertz CT molecular complexity index is 777. The van der Waals surface area contributed by atoms with E-state index in [1.165, 1.54) is 6.92 Å². The molecule has 2 aromatic carbocycles. The van der Waals surface area contributed by atoms with Gasteiger partial charge in [-0.2, -0.15) is 0 Å². The lowest BCUT2D eigenvalue weighted by molar-refractivity contribution is -0.114. The van der Waals surface area contributed by atoms with Gasteiger partial charge < -0.3 is 10.1 Å². The van der Waals surface area contributed by atoms with E-state index in [1.807, 2.05) is 6.07 Å². The van der Waals surface area contributed by atoms with Gasteiger partial charge in [-0.25, -0.2) is 4.79 Å². The molecule has 0 radical (unpaired) electrons. The lowest BCUT2D eigenvalue weighted by atomic mass is 10.1. The molecule has 2 rings (SSSR count). The van der Waals surface area contributed by atoms with E-state index in [9.17, 15) is 9.59 Å². The number of ether oxygens (including phenoxy) is 1. The summed E-state index contributed by atoms with van der Waals surface area (Å²) < 4.78 is 6.53. The van der Waals surface area contributed by atoms with Crippen LogP contribution in [-0.2, 0) is 11.3 Å². The van der Waals surface area contributed by atoms with E-state index >= 15 is 0 Å². The Balaban J connectivity index is 0.00000364. The summed E-state index contributed by atoms with van der Waals surface area (Å²) in [6.07, 6.45) is 0. The first-order valence-electron chi connectivity index (χ1n) is 8.53. The molecule has 0 bridgehead atoms. The number of amides is 1. The lowest BCUT2D eigenvalue weighted by Gasteiger charge is -2.20. The normalized spacial score (nSPS) is 10.3. The molecule has 0 atom stereocenters. The Morgan fingerprint density at radius 2 is 1.70 bits per heavy atom. The highest BCUT2D eigenvalue weighted by Gasteiger charge is 2.14. The number of carbonyl (C=O) groups excluding carboxylic acids is 2. The molecule has 5 nitrogen and oxygen atoms in total. The fraction of sp³-hybridized carbons (Fsp3) is 0.300. The highest BCUT2D eigenvalue weighted by Crippen LogP contribution is 2.26. The first kappa shape index (κ1) is 23.1. The fourth-order valence-electron chi connectivity index (χ4n) is 2.52. The van der Waals surface area contributed by atoms with Gasteiger partial charge in [-0.3, -0.25) is 9.69 Å². The van der Waals surface area contributed by atoms with Crippen molar-refractivity contribution in [1.29, 1.82) is 0 Å². The van der Waals surface area contributed by atoms with Gasteiger partial charge >= 0.3 is 5.97 Å². The Hall–Kier alpha value is -1.89. The summed E-state index contributed by atoms with van der Waals surface area (Å²) in [5.41, 5.74) is 2.02. The second-order valence-electron chi connectivity index (χ2n) is 5.86. The Kier molecular flexibility index (Phi) is 9.49. The van der Waals surface area contributed by atoms with Gasteiger partial charge in [0, 0.05) is 29.2 Å². The standard InChI is InChI=1S/C20H23BrN2O3.ClH/c1-4-23(5-2)13-16-12-18(22-14(3)24)10-11-19(16)26-20(25)15-6-8-17(21)9-7-15;/h6-12H,4-5,13H2,1-3H3,(H,22,24);1H. The van der Waals surface area contributed by atoms with Crippen LogP contribution >= 0.6 is 28.3 Å². The summed E-state index contributed by atoms with van der Waals surface area (Å²) in [6, 6.07) is 12.3. The number of hydrogen-bond donors (Lipinski definition) is 1. The zero-order valence-electron chi connectivity index (χ0n) is 15.6. The van der Waals surface area contributed by atoms with Crippen molar-refractivity contribution >= 4 is 45.9 Å². The topological polar surface area (TPSA) is 58.6 Å². The number of nitrogens with one attached hydrogen (secondary N) is 1. The summed E-state index contributed by atoms with van der Waals surface area (Å²) in [5.74, 6) is -0.0529. The third-order valence-corrected chi connectivity index (χ3v) is 4.48. The highest BCUT2D eigenvalue weighted by molar-refractivity contribution is 9.10. The molecule has 0 saturated carbocycles. The summed E-state index contributed by atoms with van der Waals surface area (Å²) in [7, 11) is 0. The van der Waals surface area contributed by atoms with Crippen LogP contribution in [0.5, 0.6) is 5.75 Å². The highest BCUT2D eigenvalue weighted by atomic mass is 79.9. The van der Waals surface area contributed by atoms with Crippen molar-refractivity contribution in [2.24, 2.45) is 0 Å². The maximum Gasteiger partial charge on any atom is 0.343 e. The third-order valence-electron chi connectivity index (χ3n) is 3.95. The Morgan fingerprint density at radius 3 is 2.26 bits per heavy atom. The molecule has 0 aliphatic heterocycles. The number of carbonyl (C=O) groups is 2. The van der Waals surface area contributed by atoms with Gasteiger partial charge in [-0.1, -0.05) is 29.8 Å². The molecule has 27 heavy (non-hydrogen) atoms. The van der Waals surface area contributed by atoms with Crippen molar-refractivity contribution in [3.63, 3.8) is 0 Å². The Morgan fingerprint density at radius 1 is 1.07 bits per heavy atom.